The lowest BCUT2D eigenvalue weighted by atomic mass is 9.84. The molecule has 0 heterocycles. The van der Waals surface area contributed by atoms with Crippen LogP contribution in [0.3, 0.4) is 0 Å². The molecular formula is C12H25N. The predicted octanol–water partition coefficient (Wildman–Crippen LogP) is 3.04. The van der Waals surface area contributed by atoms with E-state index in [9.17, 15) is 0 Å². The second-order valence-corrected chi connectivity index (χ2v) is 4.73. The van der Waals surface area contributed by atoms with Gasteiger partial charge in [-0.2, -0.15) is 0 Å². The molecule has 1 nitrogen and oxygen atoms in total. The van der Waals surface area contributed by atoms with Crippen LogP contribution >= 0.6 is 0 Å². The van der Waals surface area contributed by atoms with Gasteiger partial charge in [0.1, 0.15) is 0 Å². The van der Waals surface area contributed by atoms with Gasteiger partial charge < -0.3 is 5.73 Å². The summed E-state index contributed by atoms with van der Waals surface area (Å²) in [6, 6.07) is 0. The highest BCUT2D eigenvalue weighted by atomic mass is 14.6. The average Bonchev–Trinajstić information content (AvgIpc) is 2.41. The van der Waals surface area contributed by atoms with E-state index in [1.54, 1.807) is 0 Å². The highest BCUT2D eigenvalue weighted by Gasteiger charge is 2.38. The zero-order valence-electron chi connectivity index (χ0n) is 9.42. The second-order valence-electron chi connectivity index (χ2n) is 4.73. The van der Waals surface area contributed by atoms with E-state index in [-0.39, 0.29) is 0 Å². The summed E-state index contributed by atoms with van der Waals surface area (Å²) in [7, 11) is 0. The second kappa shape index (κ2) is 4.99. The number of hydrogen-bond donors (Lipinski definition) is 1. The largest absolute Gasteiger partial charge is 0.330 e. The van der Waals surface area contributed by atoms with Crippen LogP contribution in [0.4, 0.5) is 0 Å². The van der Waals surface area contributed by atoms with Gasteiger partial charge in [-0.05, 0) is 36.6 Å². The Kier molecular flexibility index (Phi) is 4.24. The standard InChI is InChI=1S/C12H25N/c1-4-6-10-7-9(3)12(8-13)11(10)5-2/h9-12H,4-8,13H2,1-3H3. The monoisotopic (exact) mass is 183 g/mol. The van der Waals surface area contributed by atoms with Crippen LogP contribution in [0.15, 0.2) is 0 Å². The van der Waals surface area contributed by atoms with Crippen LogP contribution in [0.2, 0.25) is 0 Å². The Labute approximate surface area is 83.1 Å². The third-order valence-electron chi connectivity index (χ3n) is 3.96. The zero-order valence-corrected chi connectivity index (χ0v) is 9.42. The third-order valence-corrected chi connectivity index (χ3v) is 3.96. The molecular weight excluding hydrogens is 158 g/mol. The maximum atomic E-state index is 5.85. The Morgan fingerprint density at radius 3 is 2.38 bits per heavy atom. The first kappa shape index (κ1) is 11.0. The maximum Gasteiger partial charge on any atom is -0.00436 e. The number of hydrogen-bond acceptors (Lipinski definition) is 1. The van der Waals surface area contributed by atoms with Crippen molar-refractivity contribution in [1.29, 1.82) is 0 Å². The molecule has 4 atom stereocenters. The minimum atomic E-state index is 0.807. The summed E-state index contributed by atoms with van der Waals surface area (Å²) in [4.78, 5) is 0. The van der Waals surface area contributed by atoms with Crippen molar-refractivity contribution in [2.45, 2.75) is 46.5 Å². The van der Waals surface area contributed by atoms with Gasteiger partial charge in [0.2, 0.25) is 0 Å². The lowest BCUT2D eigenvalue weighted by Crippen LogP contribution is -2.24. The fraction of sp³-hybridized carbons (Fsp3) is 1.00. The smallest absolute Gasteiger partial charge is 0.00436 e. The summed E-state index contributed by atoms with van der Waals surface area (Å²) < 4.78 is 0. The van der Waals surface area contributed by atoms with E-state index in [2.05, 4.69) is 20.8 Å². The van der Waals surface area contributed by atoms with Gasteiger partial charge in [-0.15, -0.1) is 0 Å². The van der Waals surface area contributed by atoms with Gasteiger partial charge in [-0.25, -0.2) is 0 Å². The van der Waals surface area contributed by atoms with E-state index < -0.39 is 0 Å². The minimum Gasteiger partial charge on any atom is -0.330 e. The highest BCUT2D eigenvalue weighted by Crippen LogP contribution is 2.44. The topological polar surface area (TPSA) is 26.0 Å². The zero-order chi connectivity index (χ0) is 9.84. The molecule has 13 heavy (non-hydrogen) atoms. The van der Waals surface area contributed by atoms with Gasteiger partial charge in [0.15, 0.2) is 0 Å². The molecule has 1 saturated carbocycles. The minimum absolute atomic E-state index is 0.807. The summed E-state index contributed by atoms with van der Waals surface area (Å²) in [5.41, 5.74) is 5.85. The predicted molar refractivity (Wildman–Crippen MR) is 58.5 cm³/mol. The fourth-order valence-corrected chi connectivity index (χ4v) is 3.34. The molecule has 4 unspecified atom stereocenters. The Morgan fingerprint density at radius 2 is 1.92 bits per heavy atom. The maximum absolute atomic E-state index is 5.85. The van der Waals surface area contributed by atoms with E-state index >= 15 is 0 Å². The van der Waals surface area contributed by atoms with Crippen LogP contribution in [0.25, 0.3) is 0 Å². The molecule has 0 amide bonds. The molecule has 2 N–H and O–H groups in total. The number of rotatable bonds is 4. The van der Waals surface area contributed by atoms with Crippen LogP contribution in [-0.2, 0) is 0 Å². The van der Waals surface area contributed by atoms with Crippen LogP contribution < -0.4 is 5.73 Å². The van der Waals surface area contributed by atoms with Crippen LogP contribution in [0.5, 0.6) is 0 Å². The molecule has 0 bridgehead atoms. The Hall–Kier alpha value is -0.0400. The molecule has 0 saturated heterocycles. The molecule has 0 aliphatic heterocycles. The summed E-state index contributed by atoms with van der Waals surface area (Å²) in [5.74, 6) is 3.56. The van der Waals surface area contributed by atoms with Crippen molar-refractivity contribution < 1.29 is 0 Å². The molecule has 0 aromatic carbocycles. The van der Waals surface area contributed by atoms with E-state index in [1.807, 2.05) is 0 Å². The van der Waals surface area contributed by atoms with Crippen LogP contribution in [0.1, 0.15) is 46.5 Å². The lowest BCUT2D eigenvalue weighted by molar-refractivity contribution is 0.277. The Balaban J connectivity index is 2.57. The molecule has 1 fully saturated rings. The first-order valence-electron chi connectivity index (χ1n) is 5.94. The molecule has 1 aliphatic carbocycles. The molecule has 0 aromatic rings. The normalized spacial score (nSPS) is 39.7. The van der Waals surface area contributed by atoms with Gasteiger partial charge in [0, 0.05) is 0 Å². The van der Waals surface area contributed by atoms with Crippen molar-refractivity contribution in [3.05, 3.63) is 0 Å². The molecule has 1 aliphatic rings. The van der Waals surface area contributed by atoms with Crippen LogP contribution in [-0.4, -0.2) is 6.54 Å². The van der Waals surface area contributed by atoms with Gasteiger partial charge in [-0.1, -0.05) is 40.0 Å². The summed E-state index contributed by atoms with van der Waals surface area (Å²) in [6.45, 7) is 7.91. The molecule has 78 valence electrons. The highest BCUT2D eigenvalue weighted by molar-refractivity contribution is 4.88. The molecule has 0 spiro atoms. The number of nitrogens with two attached hydrogens (primary N) is 1. The van der Waals surface area contributed by atoms with Crippen molar-refractivity contribution in [1.82, 2.24) is 0 Å². The Bertz CT molecular complexity index is 144. The van der Waals surface area contributed by atoms with E-state index in [1.165, 1.54) is 25.7 Å². The molecule has 0 radical (unpaired) electrons. The van der Waals surface area contributed by atoms with Crippen molar-refractivity contribution in [2.75, 3.05) is 6.54 Å². The SMILES string of the molecule is CCCC1CC(C)C(CN)C1CC. The van der Waals surface area contributed by atoms with Crippen molar-refractivity contribution in [3.8, 4) is 0 Å². The Morgan fingerprint density at radius 1 is 1.23 bits per heavy atom. The third kappa shape index (κ3) is 2.25. The summed E-state index contributed by atoms with van der Waals surface area (Å²) in [5, 5.41) is 0. The summed E-state index contributed by atoms with van der Waals surface area (Å²) >= 11 is 0. The van der Waals surface area contributed by atoms with Crippen molar-refractivity contribution in [3.63, 3.8) is 0 Å². The van der Waals surface area contributed by atoms with Gasteiger partial charge in [0.25, 0.3) is 0 Å². The van der Waals surface area contributed by atoms with Crippen LogP contribution in [0, 0.1) is 23.7 Å². The first-order chi connectivity index (χ1) is 6.24. The van der Waals surface area contributed by atoms with E-state index in [0.717, 1.165) is 30.2 Å². The lowest BCUT2D eigenvalue weighted by Gasteiger charge is -2.23. The average molecular weight is 183 g/mol. The van der Waals surface area contributed by atoms with Crippen molar-refractivity contribution >= 4 is 0 Å². The van der Waals surface area contributed by atoms with Gasteiger partial charge >= 0.3 is 0 Å². The molecule has 1 heteroatoms. The molecule has 0 aromatic heterocycles. The first-order valence-corrected chi connectivity index (χ1v) is 5.94. The van der Waals surface area contributed by atoms with Crippen molar-refractivity contribution in [2.24, 2.45) is 29.4 Å². The van der Waals surface area contributed by atoms with E-state index in [4.69, 9.17) is 5.73 Å². The van der Waals surface area contributed by atoms with E-state index in [0.29, 0.717) is 0 Å². The van der Waals surface area contributed by atoms with Gasteiger partial charge in [-0.3, -0.25) is 0 Å². The quantitative estimate of drug-likeness (QED) is 0.712. The molecule has 1 rings (SSSR count). The fourth-order valence-electron chi connectivity index (χ4n) is 3.34. The summed E-state index contributed by atoms with van der Waals surface area (Å²) in [6.07, 6.45) is 5.51. The van der Waals surface area contributed by atoms with Gasteiger partial charge in [0.05, 0.1) is 0 Å².